The summed E-state index contributed by atoms with van der Waals surface area (Å²) in [5.41, 5.74) is 16.8. The van der Waals surface area contributed by atoms with Crippen LogP contribution in [0.25, 0.3) is 77.7 Å². The van der Waals surface area contributed by atoms with Gasteiger partial charge in [0.05, 0.1) is 22.4 Å². The molecule has 56 heavy (non-hydrogen) atoms. The van der Waals surface area contributed by atoms with Gasteiger partial charge in [0.2, 0.25) is 0 Å². The van der Waals surface area contributed by atoms with Crippen molar-refractivity contribution in [3.63, 3.8) is 0 Å². The zero-order chi connectivity index (χ0) is 38.1. The molecular formula is C54H52N2. The van der Waals surface area contributed by atoms with Crippen LogP contribution in [0.15, 0.2) is 158 Å². The Kier molecular flexibility index (Phi) is 11.7. The Hall–Kier alpha value is -5.86. The Morgan fingerprint density at radius 2 is 0.696 bits per heavy atom. The van der Waals surface area contributed by atoms with Crippen LogP contribution in [0.2, 0.25) is 0 Å². The molecule has 0 amide bonds. The van der Waals surface area contributed by atoms with E-state index in [9.17, 15) is 0 Å². The summed E-state index contributed by atoms with van der Waals surface area (Å²) in [6.45, 7) is 4.57. The SMILES string of the molecule is CCCCCCc1c(-c2ccccc2)nc2ccc(-c3ccc4nc(-c5ccccc5)c(CCCCCC)c(-c5ccccc5)c4c3)cc2c1-c1ccccc1. The minimum absolute atomic E-state index is 0.995. The Morgan fingerprint density at radius 3 is 1.05 bits per heavy atom. The highest BCUT2D eigenvalue weighted by molar-refractivity contribution is 6.04. The highest BCUT2D eigenvalue weighted by atomic mass is 14.7. The molecule has 0 N–H and O–H groups in total. The third-order valence-electron chi connectivity index (χ3n) is 11.3. The van der Waals surface area contributed by atoms with Crippen LogP contribution < -0.4 is 0 Å². The van der Waals surface area contributed by atoms with E-state index in [0.717, 1.165) is 48.1 Å². The molecule has 0 saturated carbocycles. The van der Waals surface area contributed by atoms with Crippen molar-refractivity contribution in [2.45, 2.75) is 78.1 Å². The Bertz CT molecular complexity index is 2340. The van der Waals surface area contributed by atoms with Crippen LogP contribution in [-0.4, -0.2) is 9.97 Å². The molecule has 2 nitrogen and oxygen atoms in total. The average molecular weight is 729 g/mol. The van der Waals surface area contributed by atoms with Crippen LogP contribution in [0.3, 0.4) is 0 Å². The van der Waals surface area contributed by atoms with Crippen molar-refractivity contribution >= 4 is 21.8 Å². The number of unbranched alkanes of at least 4 members (excludes halogenated alkanes) is 6. The van der Waals surface area contributed by atoms with Gasteiger partial charge in [-0.25, -0.2) is 9.97 Å². The van der Waals surface area contributed by atoms with E-state index in [1.165, 1.54) is 105 Å². The lowest BCUT2D eigenvalue weighted by molar-refractivity contribution is 0.667. The second-order valence-corrected chi connectivity index (χ2v) is 15.2. The second kappa shape index (κ2) is 17.7. The molecular weight excluding hydrogens is 677 g/mol. The Morgan fingerprint density at radius 1 is 0.339 bits per heavy atom. The number of hydrogen-bond acceptors (Lipinski definition) is 2. The fourth-order valence-electron chi connectivity index (χ4n) is 8.45. The predicted octanol–water partition coefficient (Wildman–Crippen LogP) is 15.4. The number of hydrogen-bond donors (Lipinski definition) is 0. The van der Waals surface area contributed by atoms with Gasteiger partial charge in [-0.1, -0.05) is 186 Å². The van der Waals surface area contributed by atoms with E-state index in [-0.39, 0.29) is 0 Å². The second-order valence-electron chi connectivity index (χ2n) is 15.2. The van der Waals surface area contributed by atoms with Crippen molar-refractivity contribution in [3.05, 3.63) is 169 Å². The maximum absolute atomic E-state index is 5.45. The third kappa shape index (κ3) is 7.93. The van der Waals surface area contributed by atoms with Crippen LogP contribution >= 0.6 is 0 Å². The van der Waals surface area contributed by atoms with Crippen LogP contribution in [0, 0.1) is 0 Å². The fourth-order valence-corrected chi connectivity index (χ4v) is 8.45. The van der Waals surface area contributed by atoms with Gasteiger partial charge in [-0.3, -0.25) is 0 Å². The van der Waals surface area contributed by atoms with Crippen LogP contribution in [0.4, 0.5) is 0 Å². The van der Waals surface area contributed by atoms with Crippen LogP contribution in [0.1, 0.15) is 76.3 Å². The molecule has 6 aromatic carbocycles. The number of benzene rings is 6. The van der Waals surface area contributed by atoms with Crippen molar-refractivity contribution < 1.29 is 0 Å². The zero-order valence-electron chi connectivity index (χ0n) is 33.0. The summed E-state index contributed by atoms with van der Waals surface area (Å²) in [6, 6.07) is 57.3. The molecule has 278 valence electrons. The molecule has 0 fully saturated rings. The standard InChI is InChI=1S/C54H52N2/c1-3-5-7-21-31-45-51(39-23-13-9-14-24-39)47-37-43(33-35-49(47)55-53(45)41-27-17-11-18-28-41)44-34-36-50-48(38-44)52(40-25-15-10-16-26-40)46(32-22-8-6-4-2)54(56-50)42-29-19-12-20-30-42/h9-20,23-30,33-38H,3-8,21-22,31-32H2,1-2H3. The van der Waals surface area contributed by atoms with E-state index in [1.807, 2.05) is 0 Å². The number of pyridine rings is 2. The van der Waals surface area contributed by atoms with Gasteiger partial charge in [0.15, 0.2) is 0 Å². The van der Waals surface area contributed by atoms with Gasteiger partial charge in [0.1, 0.15) is 0 Å². The van der Waals surface area contributed by atoms with Crippen molar-refractivity contribution in [2.75, 3.05) is 0 Å². The number of nitrogens with zero attached hydrogens (tertiary/aromatic N) is 2. The highest BCUT2D eigenvalue weighted by Crippen LogP contribution is 2.42. The lowest BCUT2D eigenvalue weighted by Crippen LogP contribution is -2.01. The van der Waals surface area contributed by atoms with Gasteiger partial charge in [-0.05, 0) is 94.5 Å². The van der Waals surface area contributed by atoms with Gasteiger partial charge < -0.3 is 0 Å². The quantitative estimate of drug-likeness (QED) is 0.0982. The lowest BCUT2D eigenvalue weighted by Gasteiger charge is -2.20. The molecule has 8 aromatic rings. The maximum atomic E-state index is 5.45. The first-order valence-electron chi connectivity index (χ1n) is 20.9. The van der Waals surface area contributed by atoms with Gasteiger partial charge in [0.25, 0.3) is 0 Å². The zero-order valence-corrected chi connectivity index (χ0v) is 33.0. The van der Waals surface area contributed by atoms with Crippen LogP contribution in [-0.2, 0) is 12.8 Å². The minimum Gasteiger partial charge on any atom is -0.247 e. The van der Waals surface area contributed by atoms with Crippen molar-refractivity contribution in [3.8, 4) is 55.9 Å². The van der Waals surface area contributed by atoms with Gasteiger partial charge in [-0.15, -0.1) is 0 Å². The van der Waals surface area contributed by atoms with Crippen molar-refractivity contribution in [1.82, 2.24) is 9.97 Å². The van der Waals surface area contributed by atoms with Crippen molar-refractivity contribution in [1.29, 1.82) is 0 Å². The molecule has 0 aliphatic rings. The minimum atomic E-state index is 0.995. The van der Waals surface area contributed by atoms with E-state index < -0.39 is 0 Å². The lowest BCUT2D eigenvalue weighted by atomic mass is 9.87. The first-order valence-corrected chi connectivity index (χ1v) is 20.9. The molecule has 0 saturated heterocycles. The highest BCUT2D eigenvalue weighted by Gasteiger charge is 2.21. The topological polar surface area (TPSA) is 25.8 Å². The predicted molar refractivity (Wildman–Crippen MR) is 240 cm³/mol. The summed E-state index contributed by atoms with van der Waals surface area (Å²) in [6.07, 6.45) is 11.7. The average Bonchev–Trinajstić information content (AvgIpc) is 3.26. The molecule has 0 aliphatic carbocycles. The van der Waals surface area contributed by atoms with E-state index in [1.54, 1.807) is 0 Å². The van der Waals surface area contributed by atoms with Crippen molar-refractivity contribution in [2.24, 2.45) is 0 Å². The number of rotatable bonds is 15. The van der Waals surface area contributed by atoms with Gasteiger partial charge in [0, 0.05) is 21.9 Å². The molecule has 0 radical (unpaired) electrons. The summed E-state index contributed by atoms with van der Waals surface area (Å²) in [4.78, 5) is 10.9. The normalized spacial score (nSPS) is 11.4. The van der Waals surface area contributed by atoms with Gasteiger partial charge in [-0.2, -0.15) is 0 Å². The fraction of sp³-hybridized carbons (Fsp3) is 0.222. The molecule has 0 spiro atoms. The summed E-state index contributed by atoms with van der Waals surface area (Å²) in [5, 5.41) is 2.41. The first-order chi connectivity index (χ1) is 27.7. The monoisotopic (exact) mass is 728 g/mol. The number of aromatic nitrogens is 2. The van der Waals surface area contributed by atoms with E-state index in [0.29, 0.717) is 0 Å². The Labute approximate surface area is 333 Å². The molecule has 2 heterocycles. The summed E-state index contributed by atoms with van der Waals surface area (Å²) < 4.78 is 0. The third-order valence-corrected chi connectivity index (χ3v) is 11.3. The molecule has 2 aromatic heterocycles. The summed E-state index contributed by atoms with van der Waals surface area (Å²) in [5.74, 6) is 0. The van der Waals surface area contributed by atoms with E-state index in [2.05, 4.69) is 172 Å². The molecule has 0 atom stereocenters. The van der Waals surface area contributed by atoms with Gasteiger partial charge >= 0.3 is 0 Å². The molecule has 2 heteroatoms. The van der Waals surface area contributed by atoms with E-state index >= 15 is 0 Å². The molecule has 0 unspecified atom stereocenters. The first kappa shape index (κ1) is 37.1. The summed E-state index contributed by atoms with van der Waals surface area (Å²) in [7, 11) is 0. The molecule has 0 bridgehead atoms. The Balaban J connectivity index is 1.34. The largest absolute Gasteiger partial charge is 0.247 e. The van der Waals surface area contributed by atoms with E-state index in [4.69, 9.17) is 9.97 Å². The van der Waals surface area contributed by atoms with Crippen LogP contribution in [0.5, 0.6) is 0 Å². The molecule has 8 rings (SSSR count). The smallest absolute Gasteiger partial charge is 0.0747 e. The molecule has 0 aliphatic heterocycles. The summed E-state index contributed by atoms with van der Waals surface area (Å²) >= 11 is 0. The maximum Gasteiger partial charge on any atom is 0.0747 e. The number of fused-ring (bicyclic) bond motifs is 2.